The molecule has 0 saturated heterocycles. The Bertz CT molecular complexity index is 252. The lowest BCUT2D eigenvalue weighted by molar-refractivity contribution is 0.124. The quantitative estimate of drug-likeness (QED) is 0.533. The number of nitrogens with zero attached hydrogens (tertiary/aromatic N) is 2. The Kier molecular flexibility index (Phi) is 4.23. The van der Waals surface area contributed by atoms with Crippen molar-refractivity contribution in [1.29, 1.82) is 0 Å². The summed E-state index contributed by atoms with van der Waals surface area (Å²) in [6.07, 6.45) is 0. The van der Waals surface area contributed by atoms with Crippen molar-refractivity contribution in [2.75, 3.05) is 13.2 Å². The molecule has 5 nitrogen and oxygen atoms in total. The monoisotopic (exact) mass is 202 g/mol. The Morgan fingerprint density at radius 3 is 2.92 bits per heavy atom. The summed E-state index contributed by atoms with van der Waals surface area (Å²) in [5.74, 6) is 5.39. The molecule has 0 aromatic carbocycles. The molecule has 0 saturated carbocycles. The summed E-state index contributed by atoms with van der Waals surface area (Å²) in [6, 6.07) is -0.0000463. The molecule has 0 aliphatic heterocycles. The maximum atomic E-state index is 5.39. The van der Waals surface area contributed by atoms with Crippen molar-refractivity contribution in [3.63, 3.8) is 0 Å². The first-order chi connectivity index (χ1) is 6.29. The number of nitrogens with two attached hydrogens (primary N) is 1. The largest absolute Gasteiger partial charge is 0.380 e. The second-order valence-electron chi connectivity index (χ2n) is 2.60. The van der Waals surface area contributed by atoms with Gasteiger partial charge in [-0.05, 0) is 25.4 Å². The van der Waals surface area contributed by atoms with E-state index in [-0.39, 0.29) is 6.04 Å². The van der Waals surface area contributed by atoms with E-state index in [1.54, 1.807) is 0 Å². The van der Waals surface area contributed by atoms with E-state index in [1.807, 2.05) is 13.8 Å². The Morgan fingerprint density at radius 2 is 2.46 bits per heavy atom. The fourth-order valence-corrected chi connectivity index (χ4v) is 1.68. The third kappa shape index (κ3) is 2.70. The maximum Gasteiger partial charge on any atom is 0.0821 e. The van der Waals surface area contributed by atoms with E-state index in [0.29, 0.717) is 13.2 Å². The van der Waals surface area contributed by atoms with Crippen LogP contribution in [0.3, 0.4) is 0 Å². The van der Waals surface area contributed by atoms with Gasteiger partial charge in [0.25, 0.3) is 0 Å². The van der Waals surface area contributed by atoms with Gasteiger partial charge < -0.3 is 4.74 Å². The van der Waals surface area contributed by atoms with Gasteiger partial charge in [-0.25, -0.2) is 5.43 Å². The first-order valence-electron chi connectivity index (χ1n) is 4.12. The van der Waals surface area contributed by atoms with Crippen molar-refractivity contribution >= 4 is 11.5 Å². The zero-order valence-corrected chi connectivity index (χ0v) is 8.60. The number of nitrogens with one attached hydrogen (secondary N) is 1. The lowest BCUT2D eigenvalue weighted by Crippen LogP contribution is -2.31. The van der Waals surface area contributed by atoms with Crippen LogP contribution in [0.1, 0.15) is 23.5 Å². The first-order valence-corrected chi connectivity index (χ1v) is 4.89. The molecule has 0 aliphatic carbocycles. The zero-order chi connectivity index (χ0) is 9.68. The van der Waals surface area contributed by atoms with Gasteiger partial charge in [0.15, 0.2) is 0 Å². The average molecular weight is 202 g/mol. The molecule has 1 aromatic heterocycles. The summed E-state index contributed by atoms with van der Waals surface area (Å²) >= 11 is 1.35. The van der Waals surface area contributed by atoms with Gasteiger partial charge >= 0.3 is 0 Å². The third-order valence-electron chi connectivity index (χ3n) is 1.69. The summed E-state index contributed by atoms with van der Waals surface area (Å²) in [5.41, 5.74) is 3.60. The van der Waals surface area contributed by atoms with Crippen molar-refractivity contribution in [2.24, 2.45) is 5.84 Å². The Hall–Kier alpha value is -0.560. The minimum Gasteiger partial charge on any atom is -0.380 e. The molecule has 0 radical (unpaired) electrons. The van der Waals surface area contributed by atoms with Crippen LogP contribution in [0.25, 0.3) is 0 Å². The minimum atomic E-state index is -0.0000463. The Labute approximate surface area is 81.4 Å². The summed E-state index contributed by atoms with van der Waals surface area (Å²) in [5, 5.41) is 3.91. The molecule has 1 atom stereocenters. The molecule has 13 heavy (non-hydrogen) atoms. The molecular weight excluding hydrogens is 188 g/mol. The predicted octanol–water partition coefficient (Wildman–Crippen LogP) is 0.387. The van der Waals surface area contributed by atoms with Gasteiger partial charge in [-0.3, -0.25) is 5.84 Å². The summed E-state index contributed by atoms with van der Waals surface area (Å²) < 4.78 is 9.11. The van der Waals surface area contributed by atoms with Gasteiger partial charge in [-0.15, -0.1) is 5.10 Å². The van der Waals surface area contributed by atoms with Crippen molar-refractivity contribution in [3.05, 3.63) is 10.6 Å². The van der Waals surface area contributed by atoms with E-state index < -0.39 is 0 Å². The third-order valence-corrected chi connectivity index (χ3v) is 2.63. The molecule has 1 unspecified atom stereocenters. The number of ether oxygens (including phenoxy) is 1. The van der Waals surface area contributed by atoms with Crippen LogP contribution in [0.4, 0.5) is 0 Å². The van der Waals surface area contributed by atoms with Crippen LogP contribution in [-0.2, 0) is 4.74 Å². The summed E-state index contributed by atoms with van der Waals surface area (Å²) in [7, 11) is 0. The van der Waals surface area contributed by atoms with E-state index in [2.05, 4.69) is 15.0 Å². The van der Waals surface area contributed by atoms with Crippen LogP contribution in [0.2, 0.25) is 0 Å². The number of aryl methyl sites for hydroxylation is 1. The molecule has 0 aliphatic rings. The zero-order valence-electron chi connectivity index (χ0n) is 7.78. The van der Waals surface area contributed by atoms with E-state index in [0.717, 1.165) is 10.6 Å². The molecule has 0 amide bonds. The fourth-order valence-electron chi connectivity index (χ4n) is 0.992. The SMILES string of the molecule is CCOCC(NN)c1snnc1C. The molecular formula is C7H14N4OS. The Morgan fingerprint density at radius 1 is 1.69 bits per heavy atom. The number of hydrazine groups is 1. The van der Waals surface area contributed by atoms with Gasteiger partial charge in [0.1, 0.15) is 0 Å². The number of hydrogen-bond donors (Lipinski definition) is 2. The lowest BCUT2D eigenvalue weighted by atomic mass is 10.2. The highest BCUT2D eigenvalue weighted by molar-refractivity contribution is 7.05. The van der Waals surface area contributed by atoms with E-state index >= 15 is 0 Å². The molecule has 1 aromatic rings. The summed E-state index contributed by atoms with van der Waals surface area (Å²) in [6.45, 7) is 5.10. The van der Waals surface area contributed by atoms with Crippen LogP contribution >= 0.6 is 11.5 Å². The normalized spacial score (nSPS) is 13.2. The van der Waals surface area contributed by atoms with Gasteiger partial charge in [-0.2, -0.15) is 0 Å². The lowest BCUT2D eigenvalue weighted by Gasteiger charge is -2.13. The highest BCUT2D eigenvalue weighted by Crippen LogP contribution is 2.18. The molecule has 1 heterocycles. The highest BCUT2D eigenvalue weighted by Gasteiger charge is 2.15. The highest BCUT2D eigenvalue weighted by atomic mass is 32.1. The second kappa shape index (κ2) is 5.23. The molecule has 6 heteroatoms. The van der Waals surface area contributed by atoms with Crippen molar-refractivity contribution in [1.82, 2.24) is 15.0 Å². The standard InChI is InChI=1S/C7H14N4OS/c1-3-12-4-6(9-8)7-5(2)10-11-13-7/h6,9H,3-4,8H2,1-2H3. The second-order valence-corrected chi connectivity index (χ2v) is 3.39. The van der Waals surface area contributed by atoms with Crippen molar-refractivity contribution in [3.8, 4) is 0 Å². The maximum absolute atomic E-state index is 5.39. The predicted molar refractivity (Wildman–Crippen MR) is 51.2 cm³/mol. The first kappa shape index (κ1) is 10.5. The average Bonchev–Trinajstić information content (AvgIpc) is 2.54. The minimum absolute atomic E-state index is 0.0000463. The summed E-state index contributed by atoms with van der Waals surface area (Å²) in [4.78, 5) is 1.04. The van der Waals surface area contributed by atoms with E-state index in [9.17, 15) is 0 Å². The van der Waals surface area contributed by atoms with Crippen LogP contribution in [0.5, 0.6) is 0 Å². The number of hydrogen-bond acceptors (Lipinski definition) is 6. The van der Waals surface area contributed by atoms with Gasteiger partial charge in [0.05, 0.1) is 23.2 Å². The Balaban J connectivity index is 2.61. The molecule has 3 N–H and O–H groups in total. The van der Waals surface area contributed by atoms with Gasteiger partial charge in [0, 0.05) is 6.61 Å². The topological polar surface area (TPSA) is 73.1 Å². The van der Waals surface area contributed by atoms with Crippen LogP contribution in [0, 0.1) is 6.92 Å². The van der Waals surface area contributed by atoms with Crippen LogP contribution in [-0.4, -0.2) is 22.8 Å². The van der Waals surface area contributed by atoms with Gasteiger partial charge in [-0.1, -0.05) is 4.49 Å². The van der Waals surface area contributed by atoms with Crippen molar-refractivity contribution in [2.45, 2.75) is 19.9 Å². The van der Waals surface area contributed by atoms with E-state index in [1.165, 1.54) is 11.5 Å². The molecule has 0 fully saturated rings. The molecule has 74 valence electrons. The molecule has 0 spiro atoms. The number of rotatable bonds is 5. The molecule has 0 bridgehead atoms. The number of aromatic nitrogens is 2. The van der Waals surface area contributed by atoms with E-state index in [4.69, 9.17) is 10.6 Å². The van der Waals surface area contributed by atoms with Gasteiger partial charge in [0.2, 0.25) is 0 Å². The molecule has 1 rings (SSSR count). The van der Waals surface area contributed by atoms with Crippen LogP contribution < -0.4 is 11.3 Å². The van der Waals surface area contributed by atoms with Crippen LogP contribution in [0.15, 0.2) is 0 Å². The fraction of sp³-hybridized carbons (Fsp3) is 0.714. The smallest absolute Gasteiger partial charge is 0.0821 e. The van der Waals surface area contributed by atoms with Crippen molar-refractivity contribution < 1.29 is 4.74 Å².